The minimum atomic E-state index is -4.90. The van der Waals surface area contributed by atoms with Crippen LogP contribution < -0.4 is 15.6 Å². The van der Waals surface area contributed by atoms with Gasteiger partial charge in [-0.25, -0.2) is 4.39 Å². The van der Waals surface area contributed by atoms with Crippen LogP contribution in [0.4, 0.5) is 28.9 Å². The van der Waals surface area contributed by atoms with Crippen molar-refractivity contribution in [2.24, 2.45) is 0 Å². The molecule has 0 aliphatic heterocycles. The molecule has 0 aliphatic rings. The fourth-order valence-electron chi connectivity index (χ4n) is 3.27. The molecule has 0 radical (unpaired) electrons. The van der Waals surface area contributed by atoms with Gasteiger partial charge in [0.15, 0.2) is 5.82 Å². The van der Waals surface area contributed by atoms with Gasteiger partial charge in [0.2, 0.25) is 0 Å². The fourth-order valence-corrected chi connectivity index (χ4v) is 3.27. The number of anilines is 2. The number of rotatable bonds is 5. The summed E-state index contributed by atoms with van der Waals surface area (Å²) < 4.78 is 61.1. The lowest BCUT2D eigenvalue weighted by Crippen LogP contribution is -2.29. The average Bonchev–Trinajstić information content (AvgIpc) is 2.69. The zero-order valence-electron chi connectivity index (χ0n) is 17.3. The molecular weight excluding hydrogens is 414 g/mol. The first-order valence-corrected chi connectivity index (χ1v) is 9.45. The molecule has 1 N–H and O–H groups in total. The molecule has 0 bridgehead atoms. The molecule has 2 heterocycles. The van der Waals surface area contributed by atoms with Crippen LogP contribution in [-0.4, -0.2) is 16.7 Å². The first-order chi connectivity index (χ1) is 14.6. The zero-order chi connectivity index (χ0) is 22.9. The Hall–Kier alpha value is -3.36. The summed E-state index contributed by atoms with van der Waals surface area (Å²) in [5, 5.41) is 2.91. The Labute approximate surface area is 176 Å². The molecule has 5 nitrogen and oxygen atoms in total. The van der Waals surface area contributed by atoms with Gasteiger partial charge in [-0.2, -0.15) is 13.2 Å². The number of para-hydroxylation sites is 1. The van der Waals surface area contributed by atoms with E-state index in [2.05, 4.69) is 10.3 Å². The quantitative estimate of drug-likeness (QED) is 0.532. The van der Waals surface area contributed by atoms with Gasteiger partial charge in [0, 0.05) is 6.20 Å². The SMILES string of the molecule is COc1cccc(F)c1-n1c(C(F)(F)F)ccc(Nc2c(C)ccnc2C(C)C)c1=O. The molecule has 1 aromatic carbocycles. The number of pyridine rings is 2. The second-order valence-corrected chi connectivity index (χ2v) is 7.23. The van der Waals surface area contributed by atoms with E-state index in [1.807, 2.05) is 13.8 Å². The van der Waals surface area contributed by atoms with E-state index in [0.29, 0.717) is 11.4 Å². The first-order valence-electron chi connectivity index (χ1n) is 9.45. The Kier molecular flexibility index (Phi) is 6.06. The number of benzene rings is 1. The number of nitrogens with one attached hydrogen (secondary N) is 1. The molecule has 0 unspecified atom stereocenters. The Balaban J connectivity index is 2.30. The van der Waals surface area contributed by atoms with Crippen molar-refractivity contribution >= 4 is 11.4 Å². The molecule has 0 aliphatic carbocycles. The molecule has 0 atom stereocenters. The molecule has 31 heavy (non-hydrogen) atoms. The van der Waals surface area contributed by atoms with E-state index in [1.165, 1.54) is 19.2 Å². The third kappa shape index (κ3) is 4.26. The van der Waals surface area contributed by atoms with Gasteiger partial charge in [0.05, 0.1) is 18.5 Å². The summed E-state index contributed by atoms with van der Waals surface area (Å²) in [6.07, 6.45) is -3.29. The van der Waals surface area contributed by atoms with Gasteiger partial charge in [0.25, 0.3) is 5.56 Å². The summed E-state index contributed by atoms with van der Waals surface area (Å²) in [7, 11) is 1.19. The number of alkyl halides is 3. The smallest absolute Gasteiger partial charge is 0.431 e. The third-order valence-corrected chi connectivity index (χ3v) is 4.76. The zero-order valence-corrected chi connectivity index (χ0v) is 17.3. The van der Waals surface area contributed by atoms with Gasteiger partial charge in [-0.1, -0.05) is 19.9 Å². The highest BCUT2D eigenvalue weighted by Gasteiger charge is 2.36. The molecule has 2 aromatic heterocycles. The Morgan fingerprint density at radius 3 is 2.45 bits per heavy atom. The maximum absolute atomic E-state index is 14.6. The van der Waals surface area contributed by atoms with Gasteiger partial charge in [0.1, 0.15) is 22.8 Å². The standard InChI is InChI=1S/C22H21F4N3O2/c1-12(2)18-19(13(3)10-11-27-18)28-15-8-9-17(22(24,25)26)29(21(15)30)20-14(23)6-5-7-16(20)31-4/h5-12,28H,1-4H3. The molecule has 0 saturated heterocycles. The second-order valence-electron chi connectivity index (χ2n) is 7.23. The predicted molar refractivity (Wildman–Crippen MR) is 110 cm³/mol. The van der Waals surface area contributed by atoms with Gasteiger partial charge in [-0.15, -0.1) is 0 Å². The van der Waals surface area contributed by atoms with E-state index in [-0.39, 0.29) is 21.9 Å². The molecule has 0 spiro atoms. The van der Waals surface area contributed by atoms with Crippen molar-refractivity contribution in [2.75, 3.05) is 12.4 Å². The highest BCUT2D eigenvalue weighted by atomic mass is 19.4. The van der Waals surface area contributed by atoms with Gasteiger partial charge < -0.3 is 10.1 Å². The summed E-state index contributed by atoms with van der Waals surface area (Å²) in [5.41, 5.74) is -1.24. The number of halogens is 4. The van der Waals surface area contributed by atoms with Crippen LogP contribution in [0.1, 0.15) is 36.7 Å². The minimum absolute atomic E-state index is 0.00858. The van der Waals surface area contributed by atoms with Crippen LogP contribution in [0, 0.1) is 12.7 Å². The van der Waals surface area contributed by atoms with Crippen LogP contribution in [0.15, 0.2) is 47.4 Å². The van der Waals surface area contributed by atoms with Crippen molar-refractivity contribution < 1.29 is 22.3 Å². The number of nitrogens with zero attached hydrogens (tertiary/aromatic N) is 2. The van der Waals surface area contributed by atoms with E-state index < -0.39 is 28.9 Å². The third-order valence-electron chi connectivity index (χ3n) is 4.76. The van der Waals surface area contributed by atoms with Gasteiger partial charge in [-0.05, 0) is 48.7 Å². The summed E-state index contributed by atoms with van der Waals surface area (Å²) >= 11 is 0. The van der Waals surface area contributed by atoms with Crippen LogP contribution in [0.25, 0.3) is 5.69 Å². The number of ether oxygens (including phenoxy) is 1. The second kappa shape index (κ2) is 8.41. The number of hydrogen-bond acceptors (Lipinski definition) is 4. The summed E-state index contributed by atoms with van der Waals surface area (Å²) in [5.74, 6) is -1.24. The molecule has 3 aromatic rings. The van der Waals surface area contributed by atoms with Crippen LogP contribution >= 0.6 is 0 Å². The Bertz CT molecular complexity index is 1170. The molecule has 3 rings (SSSR count). The maximum atomic E-state index is 14.6. The summed E-state index contributed by atoms with van der Waals surface area (Å²) in [6.45, 7) is 5.60. The van der Waals surface area contributed by atoms with E-state index in [1.54, 1.807) is 19.2 Å². The number of aryl methyl sites for hydroxylation is 1. The number of aromatic nitrogens is 2. The van der Waals surface area contributed by atoms with Crippen molar-refractivity contribution in [2.45, 2.75) is 32.9 Å². The lowest BCUT2D eigenvalue weighted by molar-refractivity contribution is -0.142. The average molecular weight is 435 g/mol. The van der Waals surface area contributed by atoms with Crippen molar-refractivity contribution in [3.63, 3.8) is 0 Å². The van der Waals surface area contributed by atoms with Gasteiger partial charge >= 0.3 is 6.18 Å². The van der Waals surface area contributed by atoms with E-state index in [0.717, 1.165) is 23.8 Å². The summed E-state index contributed by atoms with van der Waals surface area (Å²) in [6, 6.07) is 7.02. The normalized spacial score (nSPS) is 11.6. The molecule has 0 saturated carbocycles. The molecule has 9 heteroatoms. The monoisotopic (exact) mass is 435 g/mol. The van der Waals surface area contributed by atoms with Crippen LogP contribution in [-0.2, 0) is 6.18 Å². The molecule has 0 fully saturated rings. The summed E-state index contributed by atoms with van der Waals surface area (Å²) in [4.78, 5) is 17.5. The largest absolute Gasteiger partial charge is 0.494 e. The van der Waals surface area contributed by atoms with E-state index >= 15 is 0 Å². The van der Waals surface area contributed by atoms with Crippen molar-refractivity contribution in [3.8, 4) is 11.4 Å². The van der Waals surface area contributed by atoms with Crippen molar-refractivity contribution in [1.82, 2.24) is 9.55 Å². The Morgan fingerprint density at radius 1 is 1.13 bits per heavy atom. The van der Waals surface area contributed by atoms with Crippen LogP contribution in [0.5, 0.6) is 5.75 Å². The number of methoxy groups -OCH3 is 1. The van der Waals surface area contributed by atoms with Crippen LogP contribution in [0.2, 0.25) is 0 Å². The predicted octanol–water partition coefficient (Wildman–Crippen LogP) is 5.57. The minimum Gasteiger partial charge on any atom is -0.494 e. The number of hydrogen-bond donors (Lipinski definition) is 1. The van der Waals surface area contributed by atoms with Crippen molar-refractivity contribution in [1.29, 1.82) is 0 Å². The van der Waals surface area contributed by atoms with Crippen molar-refractivity contribution in [3.05, 3.63) is 75.7 Å². The lowest BCUT2D eigenvalue weighted by Gasteiger charge is -2.20. The van der Waals surface area contributed by atoms with E-state index in [4.69, 9.17) is 4.74 Å². The lowest BCUT2D eigenvalue weighted by atomic mass is 10.0. The Morgan fingerprint density at radius 2 is 1.84 bits per heavy atom. The van der Waals surface area contributed by atoms with E-state index in [9.17, 15) is 22.4 Å². The van der Waals surface area contributed by atoms with Crippen LogP contribution in [0.3, 0.4) is 0 Å². The molecular formula is C22H21F4N3O2. The molecule has 0 amide bonds. The highest BCUT2D eigenvalue weighted by Crippen LogP contribution is 2.35. The molecule has 164 valence electrons. The highest BCUT2D eigenvalue weighted by molar-refractivity contribution is 5.66. The topological polar surface area (TPSA) is 56.1 Å². The van der Waals surface area contributed by atoms with Gasteiger partial charge in [-0.3, -0.25) is 14.3 Å². The fraction of sp³-hybridized carbons (Fsp3) is 0.273. The maximum Gasteiger partial charge on any atom is 0.431 e. The first kappa shape index (κ1) is 22.3.